The van der Waals surface area contributed by atoms with Gasteiger partial charge in [-0.25, -0.2) is 0 Å². The molecule has 128 valence electrons. The molecule has 2 saturated heterocycles. The zero-order valence-electron chi connectivity index (χ0n) is 14.7. The Hall–Kier alpha value is -0.810. The predicted molar refractivity (Wildman–Crippen MR) is 92.4 cm³/mol. The van der Waals surface area contributed by atoms with Crippen LogP contribution in [-0.2, 0) is 4.74 Å². The molecule has 5 nitrogen and oxygen atoms in total. The molecule has 2 aliphatic heterocycles. The van der Waals surface area contributed by atoms with Gasteiger partial charge in [0, 0.05) is 26.7 Å². The van der Waals surface area contributed by atoms with Crippen molar-refractivity contribution in [3.63, 3.8) is 0 Å². The fraction of sp³-hybridized carbons (Fsp3) is 0.941. The van der Waals surface area contributed by atoms with Crippen LogP contribution in [0, 0.1) is 5.92 Å². The Labute approximate surface area is 135 Å². The van der Waals surface area contributed by atoms with E-state index in [4.69, 9.17) is 4.74 Å². The summed E-state index contributed by atoms with van der Waals surface area (Å²) in [6.07, 6.45) is 6.18. The molecular weight excluding hydrogens is 276 g/mol. The van der Waals surface area contributed by atoms with E-state index in [-0.39, 0.29) is 5.60 Å². The van der Waals surface area contributed by atoms with Gasteiger partial charge >= 0.3 is 0 Å². The number of nitrogens with zero attached hydrogens (tertiary/aromatic N) is 2. The van der Waals surface area contributed by atoms with E-state index in [1.165, 1.54) is 45.3 Å². The molecule has 0 aliphatic carbocycles. The minimum atomic E-state index is -0.0257. The summed E-state index contributed by atoms with van der Waals surface area (Å²) < 4.78 is 5.80. The average molecular weight is 310 g/mol. The van der Waals surface area contributed by atoms with Crippen molar-refractivity contribution in [1.82, 2.24) is 15.5 Å². The standard InChI is InChI=1S/C17H34N4O/c1-15-6-11-21(12-7-15)10-5-9-19-16(18-3)20-14-17(2)8-4-13-22-17/h15H,4-14H2,1-3H3,(H2,18,19,20). The van der Waals surface area contributed by atoms with Crippen LogP contribution in [0.5, 0.6) is 0 Å². The second-order valence-corrected chi connectivity index (χ2v) is 7.13. The number of rotatable bonds is 6. The minimum absolute atomic E-state index is 0.0257. The molecule has 2 rings (SSSR count). The number of aliphatic imine (C=N–C) groups is 1. The van der Waals surface area contributed by atoms with Gasteiger partial charge in [-0.15, -0.1) is 0 Å². The Morgan fingerprint density at radius 2 is 2.09 bits per heavy atom. The topological polar surface area (TPSA) is 48.9 Å². The second kappa shape index (κ2) is 8.73. The van der Waals surface area contributed by atoms with Crippen LogP contribution >= 0.6 is 0 Å². The first-order valence-electron chi connectivity index (χ1n) is 8.92. The van der Waals surface area contributed by atoms with Crippen molar-refractivity contribution in [3.05, 3.63) is 0 Å². The third-order valence-corrected chi connectivity index (χ3v) is 4.97. The van der Waals surface area contributed by atoms with Crippen LogP contribution in [0.25, 0.3) is 0 Å². The van der Waals surface area contributed by atoms with Gasteiger partial charge < -0.3 is 20.3 Å². The van der Waals surface area contributed by atoms with Crippen LogP contribution in [0.3, 0.4) is 0 Å². The maximum atomic E-state index is 5.80. The predicted octanol–water partition coefficient (Wildman–Crippen LogP) is 1.84. The monoisotopic (exact) mass is 310 g/mol. The van der Waals surface area contributed by atoms with Gasteiger partial charge in [-0.1, -0.05) is 6.92 Å². The van der Waals surface area contributed by atoms with Gasteiger partial charge in [0.15, 0.2) is 5.96 Å². The van der Waals surface area contributed by atoms with E-state index >= 15 is 0 Å². The van der Waals surface area contributed by atoms with Crippen LogP contribution in [0.1, 0.15) is 46.0 Å². The number of nitrogens with one attached hydrogen (secondary N) is 2. The van der Waals surface area contributed by atoms with Crippen molar-refractivity contribution in [2.24, 2.45) is 10.9 Å². The summed E-state index contributed by atoms with van der Waals surface area (Å²) in [6, 6.07) is 0. The first-order chi connectivity index (χ1) is 10.6. The molecular formula is C17H34N4O. The summed E-state index contributed by atoms with van der Waals surface area (Å²) in [4.78, 5) is 6.89. The van der Waals surface area contributed by atoms with Gasteiger partial charge in [0.05, 0.1) is 5.60 Å². The van der Waals surface area contributed by atoms with E-state index in [9.17, 15) is 0 Å². The van der Waals surface area contributed by atoms with E-state index in [1.54, 1.807) is 0 Å². The minimum Gasteiger partial charge on any atom is -0.373 e. The Morgan fingerprint density at radius 3 is 2.73 bits per heavy atom. The SMILES string of the molecule is CN=C(NCCCN1CCC(C)CC1)NCC1(C)CCCO1. The molecule has 0 radical (unpaired) electrons. The Bertz CT molecular complexity index is 345. The van der Waals surface area contributed by atoms with Gasteiger partial charge in [0.1, 0.15) is 0 Å². The van der Waals surface area contributed by atoms with Crippen LogP contribution in [-0.4, -0.2) is 62.8 Å². The van der Waals surface area contributed by atoms with E-state index in [0.29, 0.717) is 0 Å². The molecule has 2 heterocycles. The summed E-state index contributed by atoms with van der Waals surface area (Å²) >= 11 is 0. The van der Waals surface area contributed by atoms with Gasteiger partial charge in [-0.2, -0.15) is 0 Å². The number of likely N-dealkylation sites (tertiary alicyclic amines) is 1. The van der Waals surface area contributed by atoms with E-state index < -0.39 is 0 Å². The zero-order chi connectivity index (χ0) is 15.8. The average Bonchev–Trinajstić information content (AvgIpc) is 2.95. The molecule has 2 fully saturated rings. The van der Waals surface area contributed by atoms with Crippen LogP contribution < -0.4 is 10.6 Å². The van der Waals surface area contributed by atoms with E-state index in [0.717, 1.165) is 38.0 Å². The molecule has 0 bridgehead atoms. The Balaban J connectivity index is 1.56. The van der Waals surface area contributed by atoms with Crippen molar-refractivity contribution in [2.45, 2.75) is 51.6 Å². The van der Waals surface area contributed by atoms with Crippen LogP contribution in [0.2, 0.25) is 0 Å². The first kappa shape index (κ1) is 17.5. The fourth-order valence-corrected chi connectivity index (χ4v) is 3.26. The maximum Gasteiger partial charge on any atom is 0.191 e. The quantitative estimate of drug-likeness (QED) is 0.446. The first-order valence-corrected chi connectivity index (χ1v) is 8.92. The fourth-order valence-electron chi connectivity index (χ4n) is 3.26. The molecule has 0 spiro atoms. The molecule has 0 aromatic carbocycles. The molecule has 2 N–H and O–H groups in total. The molecule has 0 aromatic rings. The second-order valence-electron chi connectivity index (χ2n) is 7.13. The Morgan fingerprint density at radius 1 is 1.32 bits per heavy atom. The summed E-state index contributed by atoms with van der Waals surface area (Å²) in [7, 11) is 1.83. The van der Waals surface area contributed by atoms with Gasteiger partial charge in [-0.05, 0) is 64.6 Å². The molecule has 5 heteroatoms. The van der Waals surface area contributed by atoms with Gasteiger partial charge in [0.2, 0.25) is 0 Å². The van der Waals surface area contributed by atoms with Crippen molar-refractivity contribution in [3.8, 4) is 0 Å². The maximum absolute atomic E-state index is 5.80. The Kier molecular flexibility index (Phi) is 6.96. The summed E-state index contributed by atoms with van der Waals surface area (Å²) in [5.74, 6) is 1.81. The lowest BCUT2D eigenvalue weighted by atomic mass is 9.99. The smallest absolute Gasteiger partial charge is 0.191 e. The molecule has 1 unspecified atom stereocenters. The van der Waals surface area contributed by atoms with Crippen molar-refractivity contribution in [1.29, 1.82) is 0 Å². The van der Waals surface area contributed by atoms with E-state index in [2.05, 4.69) is 34.4 Å². The summed E-state index contributed by atoms with van der Waals surface area (Å²) in [5, 5.41) is 6.81. The van der Waals surface area contributed by atoms with Gasteiger partial charge in [-0.3, -0.25) is 4.99 Å². The van der Waals surface area contributed by atoms with Crippen LogP contribution in [0.4, 0.5) is 0 Å². The van der Waals surface area contributed by atoms with Crippen LogP contribution in [0.15, 0.2) is 4.99 Å². The lowest BCUT2D eigenvalue weighted by Gasteiger charge is -2.30. The molecule has 0 aromatic heterocycles. The number of hydrogen-bond acceptors (Lipinski definition) is 3. The lowest BCUT2D eigenvalue weighted by Crippen LogP contribution is -2.46. The molecule has 22 heavy (non-hydrogen) atoms. The number of piperidine rings is 1. The lowest BCUT2D eigenvalue weighted by molar-refractivity contribution is 0.0243. The van der Waals surface area contributed by atoms with E-state index in [1.807, 2.05) is 7.05 Å². The third kappa shape index (κ3) is 5.76. The normalized spacial score (nSPS) is 28.0. The van der Waals surface area contributed by atoms with Crippen molar-refractivity contribution >= 4 is 5.96 Å². The highest BCUT2D eigenvalue weighted by molar-refractivity contribution is 5.79. The molecule has 0 amide bonds. The number of hydrogen-bond donors (Lipinski definition) is 2. The molecule has 0 saturated carbocycles. The number of ether oxygens (including phenoxy) is 1. The summed E-state index contributed by atoms with van der Waals surface area (Å²) in [6.45, 7) is 11.0. The molecule has 2 aliphatic rings. The molecule has 1 atom stereocenters. The highest BCUT2D eigenvalue weighted by Gasteiger charge is 2.29. The largest absolute Gasteiger partial charge is 0.373 e. The number of guanidine groups is 1. The van der Waals surface area contributed by atoms with Crippen molar-refractivity contribution in [2.75, 3.05) is 46.4 Å². The van der Waals surface area contributed by atoms with Gasteiger partial charge in [0.25, 0.3) is 0 Å². The highest BCUT2D eigenvalue weighted by Crippen LogP contribution is 2.23. The third-order valence-electron chi connectivity index (χ3n) is 4.97. The highest BCUT2D eigenvalue weighted by atomic mass is 16.5. The summed E-state index contributed by atoms with van der Waals surface area (Å²) in [5.41, 5.74) is -0.0257. The zero-order valence-corrected chi connectivity index (χ0v) is 14.7. The van der Waals surface area contributed by atoms with Crippen molar-refractivity contribution < 1.29 is 4.74 Å².